The lowest BCUT2D eigenvalue weighted by Gasteiger charge is -2.22. The minimum absolute atomic E-state index is 0.162. The molecule has 1 amide bonds. The fourth-order valence-corrected chi connectivity index (χ4v) is 6.11. The third kappa shape index (κ3) is 5.89. The number of aromatic nitrogens is 1. The number of thiazole rings is 1. The second kappa shape index (κ2) is 11.7. The number of unbranched alkanes of at least 4 members (excludes halogenated alkanes) is 2. The molecule has 3 aromatic rings. The van der Waals surface area contributed by atoms with Gasteiger partial charge in [-0.2, -0.15) is 9.30 Å². The van der Waals surface area contributed by atoms with E-state index < -0.39 is 15.9 Å². The number of halogens is 1. The Bertz CT molecular complexity index is 1320. The summed E-state index contributed by atoms with van der Waals surface area (Å²) in [5.74, 6) is -0.858. The molecule has 0 atom stereocenters. The van der Waals surface area contributed by atoms with E-state index in [1.807, 2.05) is 13.8 Å². The Morgan fingerprint density at radius 1 is 1.12 bits per heavy atom. The molecule has 0 unspecified atom stereocenters. The quantitative estimate of drug-likeness (QED) is 0.331. The van der Waals surface area contributed by atoms with E-state index in [2.05, 4.69) is 11.6 Å². The molecule has 182 valence electrons. The SMILES string of the molecule is C=CCn1c(=NC(=O)c2ccc(S(=O)(=O)N(CCCC)CCCC)cc2)sc2cc(F)ccc21. The first kappa shape index (κ1) is 26.0. The van der Waals surface area contributed by atoms with Crippen LogP contribution in [0.1, 0.15) is 49.9 Å². The predicted octanol–water partition coefficient (Wildman–Crippen LogP) is 5.36. The Labute approximate surface area is 204 Å². The Morgan fingerprint density at radius 2 is 1.76 bits per heavy atom. The van der Waals surface area contributed by atoms with E-state index in [4.69, 9.17) is 0 Å². The zero-order valence-corrected chi connectivity index (χ0v) is 21.2. The van der Waals surface area contributed by atoms with Gasteiger partial charge in [0.25, 0.3) is 5.91 Å². The second-order valence-corrected chi connectivity index (χ2v) is 10.9. The number of hydrogen-bond acceptors (Lipinski definition) is 4. The molecule has 0 saturated heterocycles. The third-order valence-corrected chi connectivity index (χ3v) is 8.37. The van der Waals surface area contributed by atoms with E-state index >= 15 is 0 Å². The van der Waals surface area contributed by atoms with E-state index in [0.717, 1.165) is 31.2 Å². The van der Waals surface area contributed by atoms with Gasteiger partial charge in [-0.15, -0.1) is 6.58 Å². The van der Waals surface area contributed by atoms with E-state index in [1.165, 1.54) is 52.0 Å². The van der Waals surface area contributed by atoms with Gasteiger partial charge in [-0.25, -0.2) is 12.8 Å². The molecule has 0 fully saturated rings. The molecule has 0 aliphatic heterocycles. The predicted molar refractivity (Wildman–Crippen MR) is 135 cm³/mol. The standard InChI is InChI=1S/C25H30FN3O3S2/c1-4-7-16-28(17-8-5-2)34(31,32)21-12-9-19(10-13-21)24(30)27-25-29(15-6-3)22-14-11-20(26)18-23(22)33-25/h6,9-14,18H,3-5,7-8,15-17H2,1-2H3. The van der Waals surface area contributed by atoms with Crippen LogP contribution in [-0.2, 0) is 16.6 Å². The van der Waals surface area contributed by atoms with Gasteiger partial charge in [0.05, 0.1) is 15.1 Å². The Balaban J connectivity index is 1.91. The highest BCUT2D eigenvalue weighted by atomic mass is 32.2. The fourth-order valence-electron chi connectivity index (χ4n) is 3.53. The molecule has 34 heavy (non-hydrogen) atoms. The van der Waals surface area contributed by atoms with Gasteiger partial charge in [-0.05, 0) is 55.3 Å². The molecule has 0 aliphatic rings. The fraction of sp³-hybridized carbons (Fsp3) is 0.360. The van der Waals surface area contributed by atoms with Crippen LogP contribution in [0, 0.1) is 5.82 Å². The van der Waals surface area contributed by atoms with E-state index in [9.17, 15) is 17.6 Å². The molecule has 0 aliphatic carbocycles. The van der Waals surface area contributed by atoms with Crippen molar-refractivity contribution in [2.24, 2.45) is 4.99 Å². The number of carbonyl (C=O) groups is 1. The lowest BCUT2D eigenvalue weighted by molar-refractivity contribution is 0.0997. The Kier molecular flexibility index (Phi) is 8.93. The summed E-state index contributed by atoms with van der Waals surface area (Å²) in [6.07, 6.45) is 5.08. The van der Waals surface area contributed by atoms with Gasteiger partial charge >= 0.3 is 0 Å². The number of benzene rings is 2. The van der Waals surface area contributed by atoms with Crippen molar-refractivity contribution < 1.29 is 17.6 Å². The van der Waals surface area contributed by atoms with Crippen molar-refractivity contribution in [3.05, 3.63) is 71.3 Å². The van der Waals surface area contributed by atoms with E-state index in [0.29, 0.717) is 29.1 Å². The van der Waals surface area contributed by atoms with Crippen molar-refractivity contribution in [1.82, 2.24) is 8.87 Å². The first-order chi connectivity index (χ1) is 16.3. The average molecular weight is 504 g/mol. The molecule has 2 aromatic carbocycles. The zero-order valence-electron chi connectivity index (χ0n) is 19.5. The van der Waals surface area contributed by atoms with Crippen molar-refractivity contribution in [2.75, 3.05) is 13.1 Å². The molecule has 1 heterocycles. The van der Waals surface area contributed by atoms with Crippen molar-refractivity contribution in [3.63, 3.8) is 0 Å². The van der Waals surface area contributed by atoms with Crippen LogP contribution < -0.4 is 4.80 Å². The van der Waals surface area contributed by atoms with Gasteiger partial charge in [0.1, 0.15) is 5.82 Å². The van der Waals surface area contributed by atoms with E-state index in [1.54, 1.807) is 16.7 Å². The highest BCUT2D eigenvalue weighted by Gasteiger charge is 2.23. The number of sulfonamides is 1. The van der Waals surface area contributed by atoms with Crippen LogP contribution in [0.25, 0.3) is 10.2 Å². The monoisotopic (exact) mass is 503 g/mol. The summed E-state index contributed by atoms with van der Waals surface area (Å²) in [6, 6.07) is 10.3. The molecule has 0 radical (unpaired) electrons. The largest absolute Gasteiger partial charge is 0.312 e. The zero-order chi connectivity index (χ0) is 24.7. The van der Waals surface area contributed by atoms with Crippen molar-refractivity contribution in [3.8, 4) is 0 Å². The van der Waals surface area contributed by atoms with Crippen LogP contribution >= 0.6 is 11.3 Å². The molecular weight excluding hydrogens is 473 g/mol. The maximum atomic E-state index is 13.6. The van der Waals surface area contributed by atoms with Crippen LogP contribution in [0.4, 0.5) is 4.39 Å². The summed E-state index contributed by atoms with van der Waals surface area (Å²) in [6.45, 7) is 9.17. The lowest BCUT2D eigenvalue weighted by atomic mass is 10.2. The van der Waals surface area contributed by atoms with Gasteiger partial charge in [0, 0.05) is 25.2 Å². The van der Waals surface area contributed by atoms with Crippen LogP contribution in [0.15, 0.2) is 65.0 Å². The van der Waals surface area contributed by atoms with Crippen molar-refractivity contribution >= 4 is 37.5 Å². The maximum absolute atomic E-state index is 13.6. The van der Waals surface area contributed by atoms with Crippen LogP contribution in [0.3, 0.4) is 0 Å². The number of nitrogens with zero attached hydrogens (tertiary/aromatic N) is 3. The maximum Gasteiger partial charge on any atom is 0.279 e. The van der Waals surface area contributed by atoms with Crippen LogP contribution in [-0.4, -0.2) is 36.3 Å². The first-order valence-corrected chi connectivity index (χ1v) is 13.7. The molecule has 9 heteroatoms. The van der Waals surface area contributed by atoms with Gasteiger partial charge in [-0.3, -0.25) is 4.79 Å². The Morgan fingerprint density at radius 3 is 2.35 bits per heavy atom. The summed E-state index contributed by atoms with van der Waals surface area (Å²) in [5.41, 5.74) is 1.04. The third-order valence-electron chi connectivity index (χ3n) is 5.41. The first-order valence-electron chi connectivity index (χ1n) is 11.4. The molecule has 3 rings (SSSR count). The number of amides is 1. The second-order valence-electron chi connectivity index (χ2n) is 7.95. The topological polar surface area (TPSA) is 71.7 Å². The molecular formula is C25H30FN3O3S2. The highest BCUT2D eigenvalue weighted by molar-refractivity contribution is 7.89. The van der Waals surface area contributed by atoms with Gasteiger partial charge in [-0.1, -0.05) is 44.1 Å². The van der Waals surface area contributed by atoms with E-state index in [-0.39, 0.29) is 16.3 Å². The molecule has 1 aromatic heterocycles. The molecule has 0 spiro atoms. The van der Waals surface area contributed by atoms with Crippen molar-refractivity contribution in [1.29, 1.82) is 0 Å². The number of hydrogen-bond donors (Lipinski definition) is 0. The number of rotatable bonds is 11. The number of fused-ring (bicyclic) bond motifs is 1. The summed E-state index contributed by atoms with van der Waals surface area (Å²) < 4.78 is 43.9. The normalized spacial score (nSPS) is 12.5. The van der Waals surface area contributed by atoms with Gasteiger partial charge in [0.2, 0.25) is 10.0 Å². The van der Waals surface area contributed by atoms with Crippen molar-refractivity contribution in [2.45, 2.75) is 51.0 Å². The average Bonchev–Trinajstić information content (AvgIpc) is 3.15. The summed E-state index contributed by atoms with van der Waals surface area (Å²) in [7, 11) is -3.64. The number of allylic oxidation sites excluding steroid dienone is 1. The minimum atomic E-state index is -3.64. The summed E-state index contributed by atoms with van der Waals surface area (Å²) >= 11 is 1.21. The molecule has 6 nitrogen and oxygen atoms in total. The van der Waals surface area contributed by atoms with Crippen LogP contribution in [0.2, 0.25) is 0 Å². The minimum Gasteiger partial charge on any atom is -0.312 e. The summed E-state index contributed by atoms with van der Waals surface area (Å²) in [4.78, 5) is 17.7. The number of carbonyl (C=O) groups excluding carboxylic acids is 1. The lowest BCUT2D eigenvalue weighted by Crippen LogP contribution is -2.33. The van der Waals surface area contributed by atoms with Crippen LogP contribution in [0.5, 0.6) is 0 Å². The molecule has 0 bridgehead atoms. The molecule has 0 N–H and O–H groups in total. The molecule has 0 saturated carbocycles. The Hall–Kier alpha value is -2.62. The highest BCUT2D eigenvalue weighted by Crippen LogP contribution is 2.20. The van der Waals surface area contributed by atoms with Gasteiger partial charge < -0.3 is 4.57 Å². The summed E-state index contributed by atoms with van der Waals surface area (Å²) in [5, 5.41) is 0. The van der Waals surface area contributed by atoms with Gasteiger partial charge in [0.15, 0.2) is 4.80 Å². The smallest absolute Gasteiger partial charge is 0.279 e.